The Kier molecular flexibility index (Phi) is 6.25. The summed E-state index contributed by atoms with van der Waals surface area (Å²) in [4.78, 5) is 12.1. The quantitative estimate of drug-likeness (QED) is 0.616. The minimum atomic E-state index is -0.00798. The van der Waals surface area contributed by atoms with Crippen LogP contribution in [0.1, 0.15) is 77.6 Å². The van der Waals surface area contributed by atoms with Gasteiger partial charge in [-0.25, -0.2) is 0 Å². The molecule has 2 rings (SSSR count). The minimum Gasteiger partial charge on any atom is -0.298 e. The van der Waals surface area contributed by atoms with Crippen LogP contribution < -0.4 is 0 Å². The normalized spacial score (nSPS) is 38.9. The highest BCUT2D eigenvalue weighted by Gasteiger charge is 2.38. The van der Waals surface area contributed by atoms with Crippen LogP contribution in [0.2, 0.25) is 0 Å². The molecular formula is C17H30OS. The van der Waals surface area contributed by atoms with Crippen molar-refractivity contribution in [2.24, 2.45) is 17.8 Å². The van der Waals surface area contributed by atoms with Crippen molar-refractivity contribution in [2.45, 2.75) is 82.8 Å². The topological polar surface area (TPSA) is 17.1 Å². The van der Waals surface area contributed by atoms with Crippen LogP contribution in [0.15, 0.2) is 0 Å². The van der Waals surface area contributed by atoms with E-state index in [1.165, 1.54) is 57.8 Å². The molecule has 4 unspecified atom stereocenters. The van der Waals surface area contributed by atoms with Gasteiger partial charge in [-0.1, -0.05) is 51.9 Å². The van der Waals surface area contributed by atoms with E-state index in [1.54, 1.807) is 0 Å². The molecule has 110 valence electrons. The first-order chi connectivity index (χ1) is 9.18. The third kappa shape index (κ3) is 5.13. The van der Waals surface area contributed by atoms with Crippen molar-refractivity contribution in [3.63, 3.8) is 0 Å². The van der Waals surface area contributed by atoms with E-state index in [4.69, 9.17) is 0 Å². The predicted octanol–water partition coefficient (Wildman–Crippen LogP) is 5.04. The van der Waals surface area contributed by atoms with Gasteiger partial charge in [0.15, 0.2) is 0 Å². The van der Waals surface area contributed by atoms with Gasteiger partial charge in [0.2, 0.25) is 0 Å². The summed E-state index contributed by atoms with van der Waals surface area (Å²) >= 11 is 4.59. The van der Waals surface area contributed by atoms with E-state index in [-0.39, 0.29) is 5.25 Å². The second kappa shape index (κ2) is 7.71. The largest absolute Gasteiger partial charge is 0.298 e. The standard InChI is InChI=1S/C17H30OS/c1-13-11-15-12-14(15)9-7-5-3-2-4-6-8-10-16(18)17(13)19/h13-15,17,19H,2-12H2,1H3. The molecule has 0 aromatic heterocycles. The third-order valence-electron chi connectivity index (χ3n) is 5.11. The first-order valence-corrected chi connectivity index (χ1v) is 8.91. The summed E-state index contributed by atoms with van der Waals surface area (Å²) in [5.74, 6) is 2.74. The molecule has 0 aromatic carbocycles. The summed E-state index contributed by atoms with van der Waals surface area (Å²) in [6.07, 6.45) is 14.1. The summed E-state index contributed by atoms with van der Waals surface area (Å²) in [7, 11) is 0. The molecule has 2 aliphatic rings. The third-order valence-corrected chi connectivity index (χ3v) is 5.91. The Bertz CT molecular complexity index is 289. The summed E-state index contributed by atoms with van der Waals surface area (Å²) < 4.78 is 0. The van der Waals surface area contributed by atoms with Crippen LogP contribution in [0.25, 0.3) is 0 Å². The lowest BCUT2D eigenvalue weighted by molar-refractivity contribution is -0.119. The molecule has 0 amide bonds. The second-order valence-electron chi connectivity index (χ2n) is 6.89. The Labute approximate surface area is 124 Å². The van der Waals surface area contributed by atoms with E-state index in [2.05, 4.69) is 19.6 Å². The lowest BCUT2D eigenvalue weighted by atomic mass is 9.94. The zero-order chi connectivity index (χ0) is 13.7. The van der Waals surface area contributed by atoms with Gasteiger partial charge >= 0.3 is 0 Å². The summed E-state index contributed by atoms with van der Waals surface area (Å²) in [6, 6.07) is 0. The Morgan fingerprint density at radius 3 is 2.26 bits per heavy atom. The van der Waals surface area contributed by atoms with Gasteiger partial charge in [-0.15, -0.1) is 0 Å². The van der Waals surface area contributed by atoms with Gasteiger partial charge in [0.1, 0.15) is 5.78 Å². The Balaban J connectivity index is 1.82. The molecule has 19 heavy (non-hydrogen) atoms. The highest BCUT2D eigenvalue weighted by Crippen LogP contribution is 2.47. The van der Waals surface area contributed by atoms with Crippen LogP contribution in [-0.2, 0) is 4.79 Å². The molecule has 4 atom stereocenters. The number of carbonyl (C=O) groups excluding carboxylic acids is 1. The molecule has 0 saturated heterocycles. The van der Waals surface area contributed by atoms with Gasteiger partial charge in [-0.3, -0.25) is 4.79 Å². The number of hydrogen-bond donors (Lipinski definition) is 1. The molecule has 0 radical (unpaired) electrons. The molecule has 0 N–H and O–H groups in total. The van der Waals surface area contributed by atoms with Crippen molar-refractivity contribution in [3.8, 4) is 0 Å². The maximum absolute atomic E-state index is 12.1. The fourth-order valence-corrected chi connectivity index (χ4v) is 3.86. The monoisotopic (exact) mass is 282 g/mol. The summed E-state index contributed by atoms with van der Waals surface area (Å²) in [5, 5.41) is -0.00798. The molecule has 0 spiro atoms. The highest BCUT2D eigenvalue weighted by atomic mass is 32.1. The smallest absolute Gasteiger partial charge is 0.145 e. The van der Waals surface area contributed by atoms with E-state index in [0.717, 1.165) is 24.7 Å². The lowest BCUT2D eigenvalue weighted by Gasteiger charge is -2.18. The number of hydrogen-bond acceptors (Lipinski definition) is 2. The number of fused-ring (bicyclic) bond motifs is 1. The maximum Gasteiger partial charge on any atom is 0.145 e. The average molecular weight is 282 g/mol. The second-order valence-corrected chi connectivity index (χ2v) is 7.45. The molecule has 2 fully saturated rings. The minimum absolute atomic E-state index is 0.00798. The molecule has 2 aliphatic carbocycles. The highest BCUT2D eigenvalue weighted by molar-refractivity contribution is 7.81. The van der Waals surface area contributed by atoms with E-state index >= 15 is 0 Å². The number of Topliss-reactive ketones (excluding diaryl/α,β-unsaturated/α-hetero) is 1. The van der Waals surface area contributed by atoms with E-state index < -0.39 is 0 Å². The number of carbonyl (C=O) groups is 1. The molecule has 1 nitrogen and oxygen atoms in total. The number of rotatable bonds is 0. The maximum atomic E-state index is 12.1. The molecule has 0 aliphatic heterocycles. The van der Waals surface area contributed by atoms with Crippen LogP contribution in [0.5, 0.6) is 0 Å². The van der Waals surface area contributed by atoms with Crippen molar-refractivity contribution in [3.05, 3.63) is 0 Å². The summed E-state index contributed by atoms with van der Waals surface area (Å²) in [5.41, 5.74) is 0. The molecular weight excluding hydrogens is 252 g/mol. The van der Waals surface area contributed by atoms with Crippen molar-refractivity contribution in [1.82, 2.24) is 0 Å². The van der Waals surface area contributed by atoms with Gasteiger partial charge in [0.05, 0.1) is 5.25 Å². The number of thiol groups is 1. The number of ketones is 1. The Hall–Kier alpha value is 0.0200. The zero-order valence-corrected chi connectivity index (χ0v) is 13.3. The van der Waals surface area contributed by atoms with Crippen molar-refractivity contribution >= 4 is 18.4 Å². The Morgan fingerprint density at radius 1 is 0.895 bits per heavy atom. The molecule has 2 heteroatoms. The van der Waals surface area contributed by atoms with Crippen molar-refractivity contribution in [2.75, 3.05) is 0 Å². The predicted molar refractivity (Wildman–Crippen MR) is 84.7 cm³/mol. The Morgan fingerprint density at radius 2 is 1.53 bits per heavy atom. The van der Waals surface area contributed by atoms with Crippen molar-refractivity contribution in [1.29, 1.82) is 0 Å². The van der Waals surface area contributed by atoms with Crippen molar-refractivity contribution < 1.29 is 4.79 Å². The SMILES string of the molecule is CC1CC2CC2CCCCCCCCCC(=O)C1S. The molecule has 0 aromatic rings. The van der Waals surface area contributed by atoms with Gasteiger partial charge < -0.3 is 0 Å². The molecule has 2 saturated carbocycles. The fourth-order valence-electron chi connectivity index (χ4n) is 3.61. The van der Waals surface area contributed by atoms with Crippen LogP contribution in [0.4, 0.5) is 0 Å². The van der Waals surface area contributed by atoms with Crippen LogP contribution in [0.3, 0.4) is 0 Å². The fraction of sp³-hybridized carbons (Fsp3) is 0.941. The van der Waals surface area contributed by atoms with E-state index in [9.17, 15) is 4.79 Å². The van der Waals surface area contributed by atoms with Crippen LogP contribution in [-0.4, -0.2) is 11.0 Å². The zero-order valence-electron chi connectivity index (χ0n) is 12.4. The van der Waals surface area contributed by atoms with Crippen LogP contribution in [0, 0.1) is 17.8 Å². The van der Waals surface area contributed by atoms with Gasteiger partial charge in [-0.05, 0) is 37.0 Å². The lowest BCUT2D eigenvalue weighted by Crippen LogP contribution is -2.23. The summed E-state index contributed by atoms with van der Waals surface area (Å²) in [6.45, 7) is 2.23. The van der Waals surface area contributed by atoms with E-state index in [1.807, 2.05) is 0 Å². The molecule has 0 bridgehead atoms. The van der Waals surface area contributed by atoms with Gasteiger partial charge in [0, 0.05) is 6.42 Å². The van der Waals surface area contributed by atoms with Gasteiger partial charge in [0.25, 0.3) is 0 Å². The van der Waals surface area contributed by atoms with E-state index in [0.29, 0.717) is 11.7 Å². The first-order valence-electron chi connectivity index (χ1n) is 8.39. The van der Waals surface area contributed by atoms with Gasteiger partial charge in [-0.2, -0.15) is 12.6 Å². The van der Waals surface area contributed by atoms with Crippen LogP contribution >= 0.6 is 12.6 Å². The first kappa shape index (κ1) is 15.4. The average Bonchev–Trinajstić information content (AvgIpc) is 3.12. The molecule has 0 heterocycles.